The highest BCUT2D eigenvalue weighted by Crippen LogP contribution is 2.36. The lowest BCUT2D eigenvalue weighted by molar-refractivity contribution is -0.0732. The molecule has 0 amide bonds. The van der Waals surface area contributed by atoms with Gasteiger partial charge in [-0.05, 0) is 25.5 Å². The second-order valence-electron chi connectivity index (χ2n) is 4.05. The first-order chi connectivity index (χ1) is 8.65. The molecule has 1 aliphatic rings. The van der Waals surface area contributed by atoms with Crippen molar-refractivity contribution in [2.75, 3.05) is 6.61 Å². The molecule has 0 saturated heterocycles. The SMILES string of the molecule is C=C1C(Cl)=CC(C)=C(c2ccccc2)N1OCC. The third kappa shape index (κ3) is 2.35. The number of benzene rings is 1. The molecule has 0 N–H and O–H groups in total. The molecule has 1 aromatic carbocycles. The predicted molar refractivity (Wildman–Crippen MR) is 75.6 cm³/mol. The normalized spacial score (nSPS) is 16.1. The van der Waals surface area contributed by atoms with Crippen molar-refractivity contribution in [2.45, 2.75) is 13.8 Å². The lowest BCUT2D eigenvalue weighted by Gasteiger charge is -2.31. The van der Waals surface area contributed by atoms with Crippen molar-refractivity contribution in [1.29, 1.82) is 0 Å². The highest BCUT2D eigenvalue weighted by Gasteiger charge is 2.23. The number of allylic oxidation sites excluding steroid dienone is 3. The lowest BCUT2D eigenvalue weighted by Crippen LogP contribution is -2.25. The minimum atomic E-state index is 0.562. The maximum absolute atomic E-state index is 6.15. The number of halogens is 1. The number of rotatable bonds is 3. The van der Waals surface area contributed by atoms with Gasteiger partial charge in [-0.3, -0.25) is 4.84 Å². The summed E-state index contributed by atoms with van der Waals surface area (Å²) in [4.78, 5) is 5.65. The third-order valence-corrected chi connectivity index (χ3v) is 3.07. The Kier molecular flexibility index (Phi) is 3.90. The second-order valence-corrected chi connectivity index (χ2v) is 4.46. The fraction of sp³-hybridized carbons (Fsp3) is 0.200. The van der Waals surface area contributed by atoms with Gasteiger partial charge in [-0.15, -0.1) is 0 Å². The Balaban J connectivity index is 2.52. The van der Waals surface area contributed by atoms with Crippen molar-refractivity contribution < 1.29 is 4.84 Å². The second kappa shape index (κ2) is 5.42. The molecule has 0 atom stereocenters. The average Bonchev–Trinajstić information content (AvgIpc) is 2.37. The summed E-state index contributed by atoms with van der Waals surface area (Å²) in [5, 5.41) is 2.33. The molecule has 0 fully saturated rings. The topological polar surface area (TPSA) is 12.5 Å². The summed E-state index contributed by atoms with van der Waals surface area (Å²) >= 11 is 6.15. The number of hydroxylamine groups is 2. The van der Waals surface area contributed by atoms with Gasteiger partial charge in [0.2, 0.25) is 0 Å². The summed E-state index contributed by atoms with van der Waals surface area (Å²) in [5.74, 6) is 0. The molecule has 0 bridgehead atoms. The number of nitrogens with zero attached hydrogens (tertiary/aromatic N) is 1. The maximum atomic E-state index is 6.15. The Morgan fingerprint density at radius 3 is 2.56 bits per heavy atom. The molecule has 0 unspecified atom stereocenters. The van der Waals surface area contributed by atoms with Gasteiger partial charge in [0.05, 0.1) is 23.0 Å². The molecule has 1 aromatic rings. The Morgan fingerprint density at radius 1 is 1.28 bits per heavy atom. The Bertz CT molecular complexity index is 517. The van der Waals surface area contributed by atoms with Crippen LogP contribution in [0.1, 0.15) is 19.4 Å². The first-order valence-corrected chi connectivity index (χ1v) is 6.28. The van der Waals surface area contributed by atoms with Crippen LogP contribution < -0.4 is 0 Å². The van der Waals surface area contributed by atoms with Gasteiger partial charge in [0.1, 0.15) is 0 Å². The van der Waals surface area contributed by atoms with E-state index in [9.17, 15) is 0 Å². The number of hydrogen-bond acceptors (Lipinski definition) is 2. The zero-order valence-corrected chi connectivity index (χ0v) is 11.4. The smallest absolute Gasteiger partial charge is 0.0810 e. The van der Waals surface area contributed by atoms with Crippen LogP contribution in [-0.2, 0) is 4.84 Å². The van der Waals surface area contributed by atoms with Crippen LogP contribution in [0.25, 0.3) is 5.70 Å². The standard InChI is InChI=1S/C15H16ClNO/c1-4-18-17-12(3)14(16)10-11(2)15(17)13-8-6-5-7-9-13/h5-10H,3-4H2,1-2H3. The van der Waals surface area contributed by atoms with E-state index in [1.807, 2.05) is 50.3 Å². The Hall–Kier alpha value is -1.51. The summed E-state index contributed by atoms with van der Waals surface area (Å²) in [7, 11) is 0. The van der Waals surface area contributed by atoms with E-state index in [-0.39, 0.29) is 0 Å². The summed E-state index contributed by atoms with van der Waals surface area (Å²) < 4.78 is 0. The largest absolute Gasteiger partial charge is 0.269 e. The fourth-order valence-electron chi connectivity index (χ4n) is 1.95. The molecule has 2 nitrogen and oxygen atoms in total. The van der Waals surface area contributed by atoms with Crippen LogP contribution in [-0.4, -0.2) is 11.7 Å². The first-order valence-electron chi connectivity index (χ1n) is 5.91. The molecule has 0 aromatic heterocycles. The fourth-order valence-corrected chi connectivity index (χ4v) is 2.19. The highest BCUT2D eigenvalue weighted by molar-refractivity contribution is 6.32. The molecule has 0 aliphatic carbocycles. The Morgan fingerprint density at radius 2 is 1.94 bits per heavy atom. The maximum Gasteiger partial charge on any atom is 0.0810 e. The average molecular weight is 262 g/mol. The van der Waals surface area contributed by atoms with Crippen LogP contribution in [0.3, 0.4) is 0 Å². The van der Waals surface area contributed by atoms with Crippen LogP contribution in [0, 0.1) is 0 Å². The van der Waals surface area contributed by atoms with E-state index in [0.29, 0.717) is 17.3 Å². The van der Waals surface area contributed by atoms with Gasteiger partial charge in [-0.25, -0.2) is 5.06 Å². The molecule has 2 rings (SSSR count). The molecule has 0 saturated carbocycles. The zero-order chi connectivity index (χ0) is 13.1. The summed E-state index contributed by atoms with van der Waals surface area (Å²) in [5.41, 5.74) is 3.81. The predicted octanol–water partition coefficient (Wildman–Crippen LogP) is 4.32. The van der Waals surface area contributed by atoms with Crippen molar-refractivity contribution >= 4 is 17.3 Å². The molecular formula is C15H16ClNO. The Labute approximate surface area is 113 Å². The summed E-state index contributed by atoms with van der Waals surface area (Å²) in [6.07, 6.45) is 1.92. The summed E-state index contributed by atoms with van der Waals surface area (Å²) in [6.45, 7) is 8.49. The van der Waals surface area contributed by atoms with E-state index >= 15 is 0 Å². The van der Waals surface area contributed by atoms with E-state index in [2.05, 4.69) is 6.58 Å². The monoisotopic (exact) mass is 261 g/mol. The molecular weight excluding hydrogens is 246 g/mol. The quantitative estimate of drug-likeness (QED) is 0.803. The van der Waals surface area contributed by atoms with Crippen LogP contribution in [0.15, 0.2) is 59.3 Å². The van der Waals surface area contributed by atoms with Gasteiger partial charge in [-0.1, -0.05) is 48.5 Å². The van der Waals surface area contributed by atoms with Gasteiger partial charge in [0, 0.05) is 5.56 Å². The van der Waals surface area contributed by atoms with Gasteiger partial charge in [0.15, 0.2) is 0 Å². The van der Waals surface area contributed by atoms with E-state index in [1.54, 1.807) is 5.06 Å². The minimum absolute atomic E-state index is 0.562. The van der Waals surface area contributed by atoms with Crippen LogP contribution >= 0.6 is 11.6 Å². The molecule has 1 heterocycles. The van der Waals surface area contributed by atoms with Gasteiger partial charge in [-0.2, -0.15) is 0 Å². The van der Waals surface area contributed by atoms with Crippen molar-refractivity contribution in [3.8, 4) is 0 Å². The first kappa shape index (κ1) is 12.9. The van der Waals surface area contributed by atoms with Crippen molar-refractivity contribution in [3.05, 3.63) is 64.9 Å². The van der Waals surface area contributed by atoms with E-state index in [0.717, 1.165) is 16.8 Å². The molecule has 3 heteroatoms. The number of hydrogen-bond donors (Lipinski definition) is 0. The summed E-state index contributed by atoms with van der Waals surface area (Å²) in [6, 6.07) is 10.1. The van der Waals surface area contributed by atoms with E-state index in [1.165, 1.54) is 0 Å². The molecule has 1 aliphatic heterocycles. The van der Waals surface area contributed by atoms with E-state index < -0.39 is 0 Å². The van der Waals surface area contributed by atoms with Crippen LogP contribution in [0.4, 0.5) is 0 Å². The van der Waals surface area contributed by atoms with Gasteiger partial charge in [0.25, 0.3) is 0 Å². The molecule has 0 spiro atoms. The van der Waals surface area contributed by atoms with Gasteiger partial charge < -0.3 is 0 Å². The molecule has 0 radical (unpaired) electrons. The zero-order valence-electron chi connectivity index (χ0n) is 10.6. The van der Waals surface area contributed by atoms with Crippen molar-refractivity contribution in [2.24, 2.45) is 0 Å². The van der Waals surface area contributed by atoms with Crippen molar-refractivity contribution in [1.82, 2.24) is 5.06 Å². The van der Waals surface area contributed by atoms with E-state index in [4.69, 9.17) is 16.4 Å². The van der Waals surface area contributed by atoms with Crippen LogP contribution in [0.5, 0.6) is 0 Å². The van der Waals surface area contributed by atoms with Gasteiger partial charge >= 0.3 is 0 Å². The lowest BCUT2D eigenvalue weighted by atomic mass is 10.0. The third-order valence-electron chi connectivity index (χ3n) is 2.75. The minimum Gasteiger partial charge on any atom is -0.269 e. The molecule has 18 heavy (non-hydrogen) atoms. The van der Waals surface area contributed by atoms with Crippen molar-refractivity contribution in [3.63, 3.8) is 0 Å². The highest BCUT2D eigenvalue weighted by atomic mass is 35.5. The molecule has 94 valence electrons. The van der Waals surface area contributed by atoms with Crippen LogP contribution in [0.2, 0.25) is 0 Å².